The predicted octanol–water partition coefficient (Wildman–Crippen LogP) is 2.28. The van der Waals surface area contributed by atoms with Crippen molar-refractivity contribution in [1.82, 2.24) is 9.88 Å². The molecule has 1 saturated heterocycles. The Balaban J connectivity index is 1.37. The molecule has 1 aliphatic rings. The lowest BCUT2D eigenvalue weighted by molar-refractivity contribution is -0.123. The number of aromatic amines is 1. The summed E-state index contributed by atoms with van der Waals surface area (Å²) in [5, 5.41) is 3.64. The van der Waals surface area contributed by atoms with Gasteiger partial charge in [0.15, 0.2) is 9.84 Å². The molecule has 0 aliphatic carbocycles. The van der Waals surface area contributed by atoms with Crippen molar-refractivity contribution in [3.63, 3.8) is 0 Å². The van der Waals surface area contributed by atoms with E-state index >= 15 is 0 Å². The van der Waals surface area contributed by atoms with Crippen molar-refractivity contribution in [2.75, 3.05) is 24.7 Å². The van der Waals surface area contributed by atoms with Gasteiger partial charge in [-0.1, -0.05) is 18.2 Å². The maximum absolute atomic E-state index is 12.7. The third kappa shape index (κ3) is 3.38. The van der Waals surface area contributed by atoms with E-state index in [-0.39, 0.29) is 22.6 Å². The number of para-hydroxylation sites is 1. The first-order chi connectivity index (χ1) is 13.3. The average Bonchev–Trinajstić information content (AvgIpc) is 3.04. The lowest BCUT2D eigenvalue weighted by Gasteiger charge is -2.38. The molecule has 1 aliphatic heterocycles. The molecule has 2 aromatic carbocycles. The largest absolute Gasteiger partial charge is 0.360 e. The van der Waals surface area contributed by atoms with E-state index in [0.717, 1.165) is 17.2 Å². The first-order valence-electron chi connectivity index (χ1n) is 8.79. The van der Waals surface area contributed by atoms with Gasteiger partial charge in [-0.2, -0.15) is 0 Å². The fourth-order valence-electron chi connectivity index (χ4n) is 3.26. The number of amides is 2. The Morgan fingerprint density at radius 3 is 2.43 bits per heavy atom. The van der Waals surface area contributed by atoms with Crippen LogP contribution in [-0.4, -0.2) is 49.5 Å². The molecule has 1 fully saturated rings. The van der Waals surface area contributed by atoms with Crippen LogP contribution in [0.2, 0.25) is 0 Å². The van der Waals surface area contributed by atoms with E-state index < -0.39 is 9.84 Å². The number of carbonyl (C=O) groups excluding carboxylic acids is 2. The van der Waals surface area contributed by atoms with E-state index in [9.17, 15) is 18.0 Å². The summed E-state index contributed by atoms with van der Waals surface area (Å²) in [7, 11) is -3.27. The van der Waals surface area contributed by atoms with Gasteiger partial charge in [-0.25, -0.2) is 8.42 Å². The summed E-state index contributed by atoms with van der Waals surface area (Å²) in [6.45, 7) is 0.706. The van der Waals surface area contributed by atoms with Gasteiger partial charge in [-0.3, -0.25) is 9.59 Å². The highest BCUT2D eigenvalue weighted by atomic mass is 32.2. The van der Waals surface area contributed by atoms with Crippen LogP contribution < -0.4 is 5.32 Å². The predicted molar refractivity (Wildman–Crippen MR) is 106 cm³/mol. The van der Waals surface area contributed by atoms with Gasteiger partial charge in [0.1, 0.15) is 0 Å². The van der Waals surface area contributed by atoms with Crippen molar-refractivity contribution < 1.29 is 18.0 Å². The minimum atomic E-state index is -3.27. The number of sulfone groups is 1. The van der Waals surface area contributed by atoms with Crippen molar-refractivity contribution in [1.29, 1.82) is 0 Å². The number of fused-ring (bicyclic) bond motifs is 1. The molecule has 0 bridgehead atoms. The number of nitrogens with one attached hydrogen (secondary N) is 2. The molecule has 4 rings (SSSR count). The Morgan fingerprint density at radius 1 is 1.07 bits per heavy atom. The number of benzene rings is 2. The third-order valence-electron chi connectivity index (χ3n) is 4.91. The van der Waals surface area contributed by atoms with Gasteiger partial charge in [0.2, 0.25) is 5.91 Å². The Labute approximate surface area is 162 Å². The number of anilines is 1. The zero-order chi connectivity index (χ0) is 19.9. The summed E-state index contributed by atoms with van der Waals surface area (Å²) in [5.74, 6) is -0.571. The van der Waals surface area contributed by atoms with Crippen molar-refractivity contribution in [3.8, 4) is 0 Å². The van der Waals surface area contributed by atoms with Gasteiger partial charge in [0.25, 0.3) is 5.91 Å². The maximum Gasteiger partial charge on any atom is 0.256 e. The monoisotopic (exact) mass is 397 g/mol. The zero-order valence-electron chi connectivity index (χ0n) is 15.2. The fraction of sp³-hybridized carbons (Fsp3) is 0.200. The number of hydrogen-bond acceptors (Lipinski definition) is 4. The molecule has 0 saturated carbocycles. The Bertz CT molecular complexity index is 1160. The molecule has 1 aromatic heterocycles. The molecule has 3 aromatic rings. The lowest BCUT2D eigenvalue weighted by atomic mass is 9.97. The Hall–Kier alpha value is -3.13. The SMILES string of the molecule is CS(=O)(=O)c1ccc(NC(=O)C2CN(C(=O)c3c[nH]c4ccccc34)C2)cc1. The first-order valence-corrected chi connectivity index (χ1v) is 10.7. The molecule has 0 unspecified atom stereocenters. The van der Waals surface area contributed by atoms with E-state index in [0.29, 0.717) is 24.3 Å². The summed E-state index contributed by atoms with van der Waals surface area (Å²) in [6, 6.07) is 13.6. The van der Waals surface area contributed by atoms with Crippen LogP contribution in [0.15, 0.2) is 59.6 Å². The highest BCUT2D eigenvalue weighted by molar-refractivity contribution is 7.90. The number of H-pyrrole nitrogens is 1. The smallest absolute Gasteiger partial charge is 0.256 e. The molecule has 7 nitrogen and oxygen atoms in total. The molecule has 8 heteroatoms. The summed E-state index contributed by atoms with van der Waals surface area (Å²) in [4.78, 5) is 30.0. The second-order valence-electron chi connectivity index (χ2n) is 6.94. The van der Waals surface area contributed by atoms with Crippen LogP contribution in [0.4, 0.5) is 5.69 Å². The van der Waals surface area contributed by atoms with Crippen LogP contribution in [0.25, 0.3) is 10.9 Å². The summed E-state index contributed by atoms with van der Waals surface area (Å²) >= 11 is 0. The summed E-state index contributed by atoms with van der Waals surface area (Å²) < 4.78 is 23.0. The number of likely N-dealkylation sites (tertiary alicyclic amines) is 1. The van der Waals surface area contributed by atoms with E-state index in [2.05, 4.69) is 10.3 Å². The van der Waals surface area contributed by atoms with Crippen LogP contribution >= 0.6 is 0 Å². The van der Waals surface area contributed by atoms with E-state index in [1.807, 2.05) is 24.3 Å². The fourth-order valence-corrected chi connectivity index (χ4v) is 3.89. The topological polar surface area (TPSA) is 99.3 Å². The van der Waals surface area contributed by atoms with E-state index in [1.165, 1.54) is 12.1 Å². The number of carbonyl (C=O) groups is 2. The highest BCUT2D eigenvalue weighted by Crippen LogP contribution is 2.25. The number of nitrogens with zero attached hydrogens (tertiary/aromatic N) is 1. The molecule has 0 spiro atoms. The molecule has 0 atom stereocenters. The van der Waals surface area contributed by atoms with Crippen LogP contribution in [0.1, 0.15) is 10.4 Å². The van der Waals surface area contributed by atoms with Crippen molar-refractivity contribution in [2.45, 2.75) is 4.90 Å². The van der Waals surface area contributed by atoms with Crippen molar-refractivity contribution in [2.24, 2.45) is 5.92 Å². The summed E-state index contributed by atoms with van der Waals surface area (Å²) in [5.41, 5.74) is 2.03. The normalized spacial score (nSPS) is 14.7. The van der Waals surface area contributed by atoms with Gasteiger partial charge >= 0.3 is 0 Å². The quantitative estimate of drug-likeness (QED) is 0.705. The molecule has 2 N–H and O–H groups in total. The van der Waals surface area contributed by atoms with Crippen LogP contribution in [0.3, 0.4) is 0 Å². The van der Waals surface area contributed by atoms with Crippen molar-refractivity contribution >= 4 is 38.2 Å². The molecule has 144 valence electrons. The second kappa shape index (κ2) is 6.79. The first kappa shape index (κ1) is 18.2. The third-order valence-corrected chi connectivity index (χ3v) is 6.04. The van der Waals surface area contributed by atoms with Gasteiger partial charge in [-0.05, 0) is 30.3 Å². The Morgan fingerprint density at radius 2 is 1.75 bits per heavy atom. The van der Waals surface area contributed by atoms with Gasteiger partial charge < -0.3 is 15.2 Å². The average molecular weight is 397 g/mol. The lowest BCUT2D eigenvalue weighted by Crippen LogP contribution is -2.54. The van der Waals surface area contributed by atoms with Gasteiger partial charge in [0, 0.05) is 42.1 Å². The number of rotatable bonds is 4. The van der Waals surface area contributed by atoms with E-state index in [1.54, 1.807) is 23.2 Å². The maximum atomic E-state index is 12.7. The van der Waals surface area contributed by atoms with Gasteiger partial charge in [0.05, 0.1) is 16.4 Å². The molecule has 28 heavy (non-hydrogen) atoms. The highest BCUT2D eigenvalue weighted by Gasteiger charge is 2.36. The van der Waals surface area contributed by atoms with Crippen molar-refractivity contribution in [3.05, 3.63) is 60.3 Å². The number of hydrogen-bond donors (Lipinski definition) is 2. The van der Waals surface area contributed by atoms with E-state index in [4.69, 9.17) is 0 Å². The minimum absolute atomic E-state index is 0.0981. The zero-order valence-corrected chi connectivity index (χ0v) is 16.0. The Kier molecular flexibility index (Phi) is 4.43. The van der Waals surface area contributed by atoms with Crippen LogP contribution in [0, 0.1) is 5.92 Å². The second-order valence-corrected chi connectivity index (χ2v) is 8.96. The summed E-state index contributed by atoms with van der Waals surface area (Å²) in [6.07, 6.45) is 2.83. The van der Waals surface area contributed by atoms with Crippen LogP contribution in [0.5, 0.6) is 0 Å². The standard InChI is InChI=1S/C20H19N3O4S/c1-28(26,27)15-8-6-14(7-9-15)22-19(24)13-11-23(12-13)20(25)17-10-21-18-5-3-2-4-16(17)18/h2-10,13,21H,11-12H2,1H3,(H,22,24). The molecule has 2 heterocycles. The minimum Gasteiger partial charge on any atom is -0.360 e. The molecule has 2 amide bonds. The number of aromatic nitrogens is 1. The molecule has 0 radical (unpaired) electrons. The van der Waals surface area contributed by atoms with Crippen LogP contribution in [-0.2, 0) is 14.6 Å². The molecular formula is C20H19N3O4S. The van der Waals surface area contributed by atoms with Gasteiger partial charge in [-0.15, -0.1) is 0 Å². The molecular weight excluding hydrogens is 378 g/mol.